The number of methoxy groups -OCH3 is 2. The molecule has 35 heavy (non-hydrogen) atoms. The van der Waals surface area contributed by atoms with Gasteiger partial charge in [0.15, 0.2) is 0 Å². The predicted octanol–water partition coefficient (Wildman–Crippen LogP) is 6.44. The van der Waals surface area contributed by atoms with Gasteiger partial charge in [-0.1, -0.05) is 18.2 Å². The molecule has 1 heterocycles. The lowest BCUT2D eigenvalue weighted by Gasteiger charge is -2.22. The molecule has 1 aromatic heterocycles. The number of pyridine rings is 1. The van der Waals surface area contributed by atoms with Crippen molar-refractivity contribution in [1.29, 1.82) is 0 Å². The van der Waals surface area contributed by atoms with Crippen LogP contribution in [0.2, 0.25) is 0 Å². The van der Waals surface area contributed by atoms with Crippen molar-refractivity contribution in [2.24, 2.45) is 0 Å². The van der Waals surface area contributed by atoms with Crippen molar-refractivity contribution in [3.05, 3.63) is 94.3 Å². The molecule has 0 atom stereocenters. The average molecular weight is 483 g/mol. The largest absolute Gasteiger partial charge is 0.497 e. The predicted molar refractivity (Wildman–Crippen MR) is 126 cm³/mol. The van der Waals surface area contributed by atoms with Gasteiger partial charge >= 0.3 is 0 Å². The SMILES string of the molecule is CCn1c(-c2c(F)cc(F)cc2F)c(-c2cc(OC)cc(OC)c2)c(-c2ccccc2F)cc1=O. The van der Waals surface area contributed by atoms with E-state index in [1.807, 2.05) is 0 Å². The standard InChI is InChI=1S/C27H21F4NO3/c1-4-32-24(33)14-20(19-7-5-6-8-21(19)29)25(15-9-17(34-2)13-18(10-15)35-3)27(32)26-22(30)11-16(28)12-23(26)31/h5-14H,4H2,1-3H3. The van der Waals surface area contributed by atoms with Gasteiger partial charge in [0.05, 0.1) is 25.5 Å². The van der Waals surface area contributed by atoms with E-state index >= 15 is 8.78 Å². The van der Waals surface area contributed by atoms with Crippen molar-refractivity contribution in [2.75, 3.05) is 14.2 Å². The minimum Gasteiger partial charge on any atom is -0.497 e. The third-order valence-corrected chi connectivity index (χ3v) is 5.67. The first-order valence-corrected chi connectivity index (χ1v) is 10.7. The molecule has 0 bridgehead atoms. The Hall–Kier alpha value is -4.07. The maximum atomic E-state index is 15.1. The molecule has 180 valence electrons. The van der Waals surface area contributed by atoms with E-state index in [0.29, 0.717) is 29.2 Å². The van der Waals surface area contributed by atoms with Crippen molar-refractivity contribution in [2.45, 2.75) is 13.5 Å². The molecule has 0 aliphatic heterocycles. The summed E-state index contributed by atoms with van der Waals surface area (Å²) in [5.41, 5.74) is -0.732. The fourth-order valence-electron chi connectivity index (χ4n) is 4.12. The Labute approximate surface area is 199 Å². The van der Waals surface area contributed by atoms with E-state index in [1.54, 1.807) is 31.2 Å². The number of halogens is 4. The van der Waals surface area contributed by atoms with Crippen LogP contribution in [0.25, 0.3) is 33.5 Å². The highest BCUT2D eigenvalue weighted by molar-refractivity contribution is 5.94. The number of hydrogen-bond acceptors (Lipinski definition) is 3. The smallest absolute Gasteiger partial charge is 0.251 e. The van der Waals surface area contributed by atoms with E-state index in [1.165, 1.54) is 38.5 Å². The Morgan fingerprint density at radius 2 is 1.34 bits per heavy atom. The van der Waals surface area contributed by atoms with Gasteiger partial charge < -0.3 is 14.0 Å². The zero-order valence-electron chi connectivity index (χ0n) is 19.2. The zero-order chi connectivity index (χ0) is 25.3. The molecule has 4 aromatic rings. The summed E-state index contributed by atoms with van der Waals surface area (Å²) in [6.45, 7) is 1.67. The fourth-order valence-corrected chi connectivity index (χ4v) is 4.12. The van der Waals surface area contributed by atoms with Crippen LogP contribution >= 0.6 is 0 Å². The second-order valence-corrected chi connectivity index (χ2v) is 7.69. The third-order valence-electron chi connectivity index (χ3n) is 5.67. The first-order chi connectivity index (χ1) is 16.8. The molecule has 0 amide bonds. The van der Waals surface area contributed by atoms with Crippen molar-refractivity contribution < 1.29 is 27.0 Å². The van der Waals surface area contributed by atoms with Gasteiger partial charge in [-0.2, -0.15) is 0 Å². The number of rotatable bonds is 6. The van der Waals surface area contributed by atoms with Gasteiger partial charge in [-0.15, -0.1) is 0 Å². The summed E-state index contributed by atoms with van der Waals surface area (Å²) in [7, 11) is 2.87. The molecule has 0 spiro atoms. The number of ether oxygens (including phenoxy) is 2. The molecule has 0 N–H and O–H groups in total. The molecule has 8 heteroatoms. The lowest BCUT2D eigenvalue weighted by atomic mass is 9.89. The summed E-state index contributed by atoms with van der Waals surface area (Å²) >= 11 is 0. The zero-order valence-corrected chi connectivity index (χ0v) is 19.2. The summed E-state index contributed by atoms with van der Waals surface area (Å²) in [6, 6.07) is 12.8. The van der Waals surface area contributed by atoms with E-state index < -0.39 is 34.4 Å². The number of hydrogen-bond donors (Lipinski definition) is 0. The van der Waals surface area contributed by atoms with Crippen molar-refractivity contribution in [1.82, 2.24) is 4.57 Å². The highest BCUT2D eigenvalue weighted by Gasteiger charge is 2.26. The topological polar surface area (TPSA) is 40.5 Å². The van der Waals surface area contributed by atoms with E-state index in [0.717, 1.165) is 4.57 Å². The maximum absolute atomic E-state index is 15.1. The van der Waals surface area contributed by atoms with Gasteiger partial charge in [-0.3, -0.25) is 4.79 Å². The average Bonchev–Trinajstić information content (AvgIpc) is 2.83. The normalized spacial score (nSPS) is 10.9. The summed E-state index contributed by atoms with van der Waals surface area (Å²) in [5.74, 6) is -3.43. The van der Waals surface area contributed by atoms with Crippen LogP contribution in [0.15, 0.2) is 65.5 Å². The highest BCUT2D eigenvalue weighted by atomic mass is 19.1. The minimum atomic E-state index is -1.20. The first-order valence-electron chi connectivity index (χ1n) is 10.7. The Bertz CT molecular complexity index is 1430. The summed E-state index contributed by atoms with van der Waals surface area (Å²) in [5, 5.41) is 0. The quantitative estimate of drug-likeness (QED) is 0.296. The van der Waals surface area contributed by atoms with Gasteiger partial charge in [0.2, 0.25) is 0 Å². The molecule has 0 aliphatic rings. The molecule has 0 saturated carbocycles. The lowest BCUT2D eigenvalue weighted by Crippen LogP contribution is -2.22. The Balaban J connectivity index is 2.27. The molecular formula is C27H21F4NO3. The summed E-state index contributed by atoms with van der Waals surface area (Å²) < 4.78 is 70.9. The molecule has 0 aliphatic carbocycles. The van der Waals surface area contributed by atoms with Crippen molar-refractivity contribution in [3.8, 4) is 45.0 Å². The molecule has 0 saturated heterocycles. The fraction of sp³-hybridized carbons (Fsp3) is 0.148. The number of aromatic nitrogens is 1. The number of nitrogens with zero attached hydrogens (tertiary/aromatic N) is 1. The van der Waals surface area contributed by atoms with Crippen LogP contribution < -0.4 is 15.0 Å². The van der Waals surface area contributed by atoms with Crippen LogP contribution in [0.4, 0.5) is 17.6 Å². The van der Waals surface area contributed by atoms with E-state index in [9.17, 15) is 13.6 Å². The Kier molecular flexibility index (Phi) is 6.64. The van der Waals surface area contributed by atoms with Gasteiger partial charge in [0, 0.05) is 47.5 Å². The molecule has 0 radical (unpaired) electrons. The van der Waals surface area contributed by atoms with Gasteiger partial charge in [-0.25, -0.2) is 17.6 Å². The highest BCUT2D eigenvalue weighted by Crippen LogP contribution is 2.43. The van der Waals surface area contributed by atoms with Crippen LogP contribution in [0.3, 0.4) is 0 Å². The monoisotopic (exact) mass is 483 g/mol. The molecule has 0 fully saturated rings. The third kappa shape index (κ3) is 4.39. The van der Waals surface area contributed by atoms with Gasteiger partial charge in [0.1, 0.15) is 34.8 Å². The maximum Gasteiger partial charge on any atom is 0.251 e. The van der Waals surface area contributed by atoms with Crippen LogP contribution in [-0.4, -0.2) is 18.8 Å². The summed E-state index contributed by atoms with van der Waals surface area (Å²) in [6.07, 6.45) is 0. The second-order valence-electron chi connectivity index (χ2n) is 7.69. The Morgan fingerprint density at radius 3 is 1.89 bits per heavy atom. The van der Waals surface area contributed by atoms with Crippen molar-refractivity contribution >= 4 is 0 Å². The van der Waals surface area contributed by atoms with E-state index in [2.05, 4.69) is 0 Å². The lowest BCUT2D eigenvalue weighted by molar-refractivity contribution is 0.394. The minimum absolute atomic E-state index is 0.0378. The molecule has 0 unspecified atom stereocenters. The molecule has 3 aromatic carbocycles. The van der Waals surface area contributed by atoms with Crippen LogP contribution in [0.1, 0.15) is 6.92 Å². The molecule has 4 nitrogen and oxygen atoms in total. The second kappa shape index (κ2) is 9.66. The van der Waals surface area contributed by atoms with Gasteiger partial charge in [-0.05, 0) is 30.7 Å². The van der Waals surface area contributed by atoms with Crippen LogP contribution in [-0.2, 0) is 6.54 Å². The Morgan fingerprint density at radius 1 is 0.743 bits per heavy atom. The molecule has 4 rings (SSSR count). The van der Waals surface area contributed by atoms with Gasteiger partial charge in [0.25, 0.3) is 5.56 Å². The van der Waals surface area contributed by atoms with Crippen molar-refractivity contribution in [3.63, 3.8) is 0 Å². The number of benzene rings is 3. The van der Waals surface area contributed by atoms with E-state index in [4.69, 9.17) is 9.47 Å². The van der Waals surface area contributed by atoms with Crippen LogP contribution in [0.5, 0.6) is 11.5 Å². The summed E-state index contributed by atoms with van der Waals surface area (Å²) in [4.78, 5) is 13.1. The van der Waals surface area contributed by atoms with E-state index in [-0.39, 0.29) is 28.9 Å². The first kappa shape index (κ1) is 24.1. The van der Waals surface area contributed by atoms with Crippen LogP contribution in [0, 0.1) is 23.3 Å². The molecular weight excluding hydrogens is 462 g/mol.